The zero-order valence-corrected chi connectivity index (χ0v) is 10.1. The van der Waals surface area contributed by atoms with Crippen molar-refractivity contribution in [1.82, 2.24) is 20.1 Å². The number of carbonyl (C=O) groups is 1. The van der Waals surface area contributed by atoms with E-state index in [4.69, 9.17) is 0 Å². The maximum absolute atomic E-state index is 11.9. The summed E-state index contributed by atoms with van der Waals surface area (Å²) in [5.74, 6) is -0.117. The normalized spacial score (nSPS) is 10.1. The number of rotatable bonds is 5. The molecule has 0 aromatic carbocycles. The minimum Gasteiger partial charge on any atom is -0.386 e. The Hall–Kier alpha value is -2.37. The Morgan fingerprint density at radius 1 is 1.44 bits per heavy atom. The zero-order valence-electron chi connectivity index (χ0n) is 10.1. The number of aromatic nitrogens is 3. The lowest BCUT2D eigenvalue weighted by Gasteiger charge is -2.09. The van der Waals surface area contributed by atoms with Gasteiger partial charge in [0.1, 0.15) is 0 Å². The first-order valence-corrected chi connectivity index (χ1v) is 5.68. The third-order valence-corrected chi connectivity index (χ3v) is 2.52. The van der Waals surface area contributed by atoms with E-state index in [0.717, 1.165) is 0 Å². The molecule has 2 rings (SSSR count). The Balaban J connectivity index is 1.91. The van der Waals surface area contributed by atoms with E-state index in [2.05, 4.69) is 20.7 Å². The minimum atomic E-state index is -0.117. The maximum atomic E-state index is 11.9. The predicted molar refractivity (Wildman–Crippen MR) is 68.3 cm³/mol. The van der Waals surface area contributed by atoms with E-state index in [-0.39, 0.29) is 5.91 Å². The molecule has 0 saturated heterocycles. The first kappa shape index (κ1) is 12.1. The quantitative estimate of drug-likeness (QED) is 0.815. The number of anilines is 1. The first-order valence-electron chi connectivity index (χ1n) is 5.68. The van der Waals surface area contributed by atoms with Crippen molar-refractivity contribution in [1.29, 1.82) is 0 Å². The number of hydrogen-bond donors (Lipinski definition) is 2. The standard InChI is InChI=1S/C12H15N5O/c1-13-11-9-14-5-3-10(11)12(18)15-6-8-17-7-2-4-16-17/h2-5,7,9,13H,6,8H2,1H3,(H,15,18). The lowest BCUT2D eigenvalue weighted by Crippen LogP contribution is -2.28. The van der Waals surface area contributed by atoms with Crippen LogP contribution in [-0.2, 0) is 6.54 Å². The molecule has 0 unspecified atom stereocenters. The van der Waals surface area contributed by atoms with Crippen LogP contribution in [0.25, 0.3) is 0 Å². The van der Waals surface area contributed by atoms with Gasteiger partial charge in [-0.1, -0.05) is 0 Å². The lowest BCUT2D eigenvalue weighted by molar-refractivity contribution is 0.0952. The summed E-state index contributed by atoms with van der Waals surface area (Å²) in [7, 11) is 1.76. The Bertz CT molecular complexity index is 509. The summed E-state index contributed by atoms with van der Waals surface area (Å²) in [4.78, 5) is 15.9. The topological polar surface area (TPSA) is 71.8 Å². The molecule has 2 aromatic heterocycles. The van der Waals surface area contributed by atoms with Gasteiger partial charge in [0.25, 0.3) is 5.91 Å². The summed E-state index contributed by atoms with van der Waals surface area (Å²) in [6.45, 7) is 1.19. The van der Waals surface area contributed by atoms with Gasteiger partial charge in [-0.2, -0.15) is 5.10 Å². The molecule has 0 bridgehead atoms. The molecule has 6 heteroatoms. The zero-order chi connectivity index (χ0) is 12.8. The lowest BCUT2D eigenvalue weighted by atomic mass is 10.2. The average molecular weight is 245 g/mol. The van der Waals surface area contributed by atoms with E-state index >= 15 is 0 Å². The summed E-state index contributed by atoms with van der Waals surface area (Å²) in [5.41, 5.74) is 1.31. The second kappa shape index (κ2) is 5.81. The highest BCUT2D eigenvalue weighted by molar-refractivity contribution is 5.99. The fraction of sp³-hybridized carbons (Fsp3) is 0.250. The van der Waals surface area contributed by atoms with Gasteiger partial charge in [0.2, 0.25) is 0 Å². The van der Waals surface area contributed by atoms with Gasteiger partial charge in [-0.3, -0.25) is 14.5 Å². The molecular weight excluding hydrogens is 230 g/mol. The van der Waals surface area contributed by atoms with Crippen molar-refractivity contribution in [3.8, 4) is 0 Å². The highest BCUT2D eigenvalue weighted by Gasteiger charge is 2.09. The van der Waals surface area contributed by atoms with Crippen LogP contribution < -0.4 is 10.6 Å². The summed E-state index contributed by atoms with van der Waals surface area (Å²) in [5, 5.41) is 9.85. The molecule has 0 spiro atoms. The maximum Gasteiger partial charge on any atom is 0.253 e. The fourth-order valence-electron chi connectivity index (χ4n) is 1.60. The smallest absolute Gasteiger partial charge is 0.253 e. The van der Waals surface area contributed by atoms with Crippen LogP contribution in [0, 0.1) is 0 Å². The van der Waals surface area contributed by atoms with Crippen molar-refractivity contribution in [2.45, 2.75) is 6.54 Å². The van der Waals surface area contributed by atoms with Gasteiger partial charge in [0, 0.05) is 32.2 Å². The van der Waals surface area contributed by atoms with Gasteiger partial charge in [-0.15, -0.1) is 0 Å². The van der Waals surface area contributed by atoms with Crippen LogP contribution in [0.5, 0.6) is 0 Å². The number of hydrogen-bond acceptors (Lipinski definition) is 4. The Kier molecular flexibility index (Phi) is 3.90. The van der Waals surface area contributed by atoms with Crippen molar-refractivity contribution in [3.05, 3.63) is 42.5 Å². The molecule has 2 N–H and O–H groups in total. The van der Waals surface area contributed by atoms with Crippen LogP contribution in [-0.4, -0.2) is 34.3 Å². The fourth-order valence-corrected chi connectivity index (χ4v) is 1.60. The molecular formula is C12H15N5O. The number of nitrogens with zero attached hydrogens (tertiary/aromatic N) is 3. The highest BCUT2D eigenvalue weighted by atomic mass is 16.1. The monoisotopic (exact) mass is 245 g/mol. The van der Waals surface area contributed by atoms with Gasteiger partial charge in [0.15, 0.2) is 0 Å². The molecule has 0 radical (unpaired) electrons. The van der Waals surface area contributed by atoms with Crippen LogP contribution in [0.1, 0.15) is 10.4 Å². The molecule has 0 atom stereocenters. The Morgan fingerprint density at radius 3 is 3.06 bits per heavy atom. The van der Waals surface area contributed by atoms with Crippen LogP contribution in [0.15, 0.2) is 36.9 Å². The average Bonchev–Trinajstić information content (AvgIpc) is 2.91. The second-order valence-electron chi connectivity index (χ2n) is 3.70. The van der Waals surface area contributed by atoms with Crippen LogP contribution in [0.3, 0.4) is 0 Å². The molecule has 2 aromatic rings. The van der Waals surface area contributed by atoms with Gasteiger partial charge >= 0.3 is 0 Å². The second-order valence-corrected chi connectivity index (χ2v) is 3.70. The highest BCUT2D eigenvalue weighted by Crippen LogP contribution is 2.11. The molecule has 0 aliphatic carbocycles. The van der Waals surface area contributed by atoms with Crippen molar-refractivity contribution in [2.75, 3.05) is 18.9 Å². The van der Waals surface area contributed by atoms with Crippen molar-refractivity contribution in [3.63, 3.8) is 0 Å². The van der Waals surface area contributed by atoms with Gasteiger partial charge in [-0.05, 0) is 12.1 Å². The molecule has 2 heterocycles. The minimum absolute atomic E-state index is 0.117. The van der Waals surface area contributed by atoms with Crippen LogP contribution >= 0.6 is 0 Å². The molecule has 6 nitrogen and oxygen atoms in total. The SMILES string of the molecule is CNc1cnccc1C(=O)NCCn1cccn1. The molecule has 0 saturated carbocycles. The van der Waals surface area contributed by atoms with Gasteiger partial charge in [0.05, 0.1) is 24.0 Å². The number of amides is 1. The third kappa shape index (κ3) is 2.85. The summed E-state index contributed by atoms with van der Waals surface area (Å²) < 4.78 is 1.77. The van der Waals surface area contributed by atoms with Gasteiger partial charge in [-0.25, -0.2) is 0 Å². The summed E-state index contributed by atoms with van der Waals surface area (Å²) in [6.07, 6.45) is 6.80. The summed E-state index contributed by atoms with van der Waals surface area (Å²) in [6, 6.07) is 3.54. The number of carbonyl (C=O) groups excluding carboxylic acids is 1. The predicted octanol–water partition coefficient (Wildman–Crippen LogP) is 0.750. The Labute approximate surface area is 105 Å². The molecule has 0 fully saturated rings. The third-order valence-electron chi connectivity index (χ3n) is 2.52. The first-order chi connectivity index (χ1) is 8.81. The van der Waals surface area contributed by atoms with E-state index in [1.54, 1.807) is 36.4 Å². The Morgan fingerprint density at radius 2 is 2.33 bits per heavy atom. The molecule has 1 amide bonds. The summed E-state index contributed by atoms with van der Waals surface area (Å²) >= 11 is 0. The van der Waals surface area contributed by atoms with E-state index in [1.165, 1.54) is 0 Å². The molecule has 18 heavy (non-hydrogen) atoms. The van der Waals surface area contributed by atoms with Crippen LogP contribution in [0.2, 0.25) is 0 Å². The van der Waals surface area contributed by atoms with Crippen molar-refractivity contribution in [2.24, 2.45) is 0 Å². The van der Waals surface area contributed by atoms with E-state index < -0.39 is 0 Å². The molecule has 94 valence electrons. The molecule has 0 aliphatic rings. The molecule has 0 aliphatic heterocycles. The van der Waals surface area contributed by atoms with Gasteiger partial charge < -0.3 is 10.6 Å². The number of pyridine rings is 1. The largest absolute Gasteiger partial charge is 0.386 e. The van der Waals surface area contributed by atoms with Crippen LogP contribution in [0.4, 0.5) is 5.69 Å². The van der Waals surface area contributed by atoms with Crippen molar-refractivity contribution >= 4 is 11.6 Å². The van der Waals surface area contributed by atoms with Crippen molar-refractivity contribution < 1.29 is 4.79 Å². The van der Waals surface area contributed by atoms with E-state index in [9.17, 15) is 4.79 Å². The van der Waals surface area contributed by atoms with E-state index in [0.29, 0.717) is 24.3 Å². The number of nitrogens with one attached hydrogen (secondary N) is 2. The van der Waals surface area contributed by atoms with E-state index in [1.807, 2.05) is 12.3 Å².